The first kappa shape index (κ1) is 73.8. The number of epoxide rings is 1. The minimum atomic E-state index is -1.92. The van der Waals surface area contributed by atoms with Gasteiger partial charge in [-0.05, 0) is 69.5 Å². The quantitative estimate of drug-likeness (QED) is 0.0441. The maximum Gasteiger partial charge on any atom is 0.409 e. The molecule has 4 bridgehead atoms. The molecule has 2 fully saturated rings. The van der Waals surface area contributed by atoms with E-state index in [-0.39, 0.29) is 76.2 Å². The molecule has 0 aliphatic carbocycles. The highest BCUT2D eigenvalue weighted by atomic mass is 35.5. The summed E-state index contributed by atoms with van der Waals surface area (Å²) in [5.41, 5.74) is 3.70. The number of ether oxygens (including phenoxy) is 8. The summed E-state index contributed by atoms with van der Waals surface area (Å²) in [6.45, 7) is 6.36. The summed E-state index contributed by atoms with van der Waals surface area (Å²) >= 11 is 6.87. The number of fused-ring (bicyclic) bond motifs is 6. The van der Waals surface area contributed by atoms with E-state index in [1.54, 1.807) is 38.1 Å². The van der Waals surface area contributed by atoms with Gasteiger partial charge in [0, 0.05) is 119 Å². The van der Waals surface area contributed by atoms with Crippen molar-refractivity contribution in [3.8, 4) is 5.75 Å². The number of esters is 1. The Bertz CT molecular complexity index is 3150. The summed E-state index contributed by atoms with van der Waals surface area (Å²) in [4.78, 5) is 118. The van der Waals surface area contributed by atoms with Crippen LogP contribution in [0.2, 0.25) is 5.02 Å². The van der Waals surface area contributed by atoms with Crippen molar-refractivity contribution in [1.82, 2.24) is 45.2 Å². The number of anilines is 1. The highest BCUT2D eigenvalue weighted by molar-refractivity contribution is 6.35. The maximum absolute atomic E-state index is 14.6. The van der Waals surface area contributed by atoms with E-state index < -0.39 is 115 Å². The van der Waals surface area contributed by atoms with Crippen LogP contribution < -0.4 is 25.7 Å². The summed E-state index contributed by atoms with van der Waals surface area (Å²) in [5.74, 6) is -4.39. The lowest BCUT2D eigenvalue weighted by molar-refractivity contribution is -0.162. The fraction of sp³-hybridized carbons (Fsp3) is 0.594. The molecule has 3 aliphatic heterocycles. The lowest BCUT2D eigenvalue weighted by Gasteiger charge is -2.42. The highest BCUT2D eigenvalue weighted by Gasteiger charge is 2.64. The lowest BCUT2D eigenvalue weighted by atomic mass is 9.83. The zero-order valence-corrected chi connectivity index (χ0v) is 56.0. The normalized spacial score (nSPS) is 22.8. The van der Waals surface area contributed by atoms with Gasteiger partial charge in [-0.3, -0.25) is 39.5 Å². The number of carbonyl (C=O) groups excluding carboxylic acids is 8. The average molecular weight is 1310 g/mol. The average Bonchev–Trinajstić information content (AvgIpc) is 1.57. The molecule has 2 saturated heterocycles. The van der Waals surface area contributed by atoms with E-state index in [1.807, 2.05) is 56.4 Å². The smallest absolute Gasteiger partial charge is 0.409 e. The van der Waals surface area contributed by atoms with Crippen molar-refractivity contribution < 1.29 is 81.4 Å². The number of para-hydroxylation sites is 1. The van der Waals surface area contributed by atoms with Gasteiger partial charge in [0.1, 0.15) is 40.7 Å². The van der Waals surface area contributed by atoms with Crippen molar-refractivity contribution in [3.63, 3.8) is 0 Å². The van der Waals surface area contributed by atoms with Crippen LogP contribution in [0.25, 0.3) is 10.9 Å². The summed E-state index contributed by atoms with van der Waals surface area (Å²) < 4.78 is 47.6. The molecule has 3 aromatic rings. The molecule has 27 nitrogen and oxygen atoms in total. The minimum Gasteiger partial charge on any atom is -0.495 e. The second-order valence-corrected chi connectivity index (χ2v) is 24.0. The number of aromatic nitrogens is 1. The largest absolute Gasteiger partial charge is 0.495 e. The molecular formula is C64H93ClN10O17. The number of aryl methyl sites for hydroxylation is 1. The first-order valence-corrected chi connectivity index (χ1v) is 31.0. The van der Waals surface area contributed by atoms with Gasteiger partial charge in [0.05, 0.1) is 71.3 Å². The number of hydrogen-bond donors (Lipinski definition) is 4. The molecule has 0 saturated carbocycles. The molecule has 6 rings (SSSR count). The summed E-state index contributed by atoms with van der Waals surface area (Å²) in [6.07, 6.45) is -0.189. The van der Waals surface area contributed by atoms with Gasteiger partial charge in [0.25, 0.3) is 0 Å². The van der Waals surface area contributed by atoms with Crippen LogP contribution in [0.5, 0.6) is 5.75 Å². The van der Waals surface area contributed by atoms with Gasteiger partial charge >= 0.3 is 12.1 Å². The molecule has 1 aromatic heterocycles. The number of aliphatic hydroxyl groups is 1. The van der Waals surface area contributed by atoms with Crippen LogP contribution in [0.4, 0.5) is 10.5 Å². The number of nitrogens with zero attached hydrogens (tertiary/aromatic N) is 7. The van der Waals surface area contributed by atoms with Crippen LogP contribution >= 0.6 is 11.6 Å². The molecule has 8 atom stereocenters. The minimum absolute atomic E-state index is 0.000972. The number of halogens is 1. The number of rotatable bonds is 29. The molecule has 3 aliphatic rings. The van der Waals surface area contributed by atoms with Crippen molar-refractivity contribution in [2.75, 3.05) is 134 Å². The summed E-state index contributed by atoms with van der Waals surface area (Å²) in [6, 6.07) is 12.2. The van der Waals surface area contributed by atoms with E-state index in [0.29, 0.717) is 30.9 Å². The van der Waals surface area contributed by atoms with Crippen molar-refractivity contribution in [3.05, 3.63) is 82.5 Å². The molecule has 2 aromatic carbocycles. The highest BCUT2D eigenvalue weighted by Crippen LogP contribution is 2.49. The Kier molecular flexibility index (Phi) is 27.4. The van der Waals surface area contributed by atoms with Gasteiger partial charge in [0.15, 0.2) is 5.72 Å². The van der Waals surface area contributed by atoms with Crippen LogP contribution in [0, 0.1) is 5.92 Å². The third kappa shape index (κ3) is 19.2. The number of alkyl carbamates (subject to hydrolysis) is 1. The Morgan fingerprint density at radius 2 is 1.52 bits per heavy atom. The molecule has 7 amide bonds. The topological polar surface area (TPSA) is 294 Å². The monoisotopic (exact) mass is 1310 g/mol. The van der Waals surface area contributed by atoms with Gasteiger partial charge in [-0.15, -0.1) is 0 Å². The number of hydrazine groups is 1. The SMILES string of the molecule is CNN(C)Cc1cc2ccccc2n1CCC(=O)NCC(=O)N(CCOC)CC(=O)N(CCOC)CC(=O)N(CCOC)CCC(=O)N(C)[C@@H](C)C(=O)O[C@H]1CC(=O)N(C)c2cc(cc(OC)c2Cl)C/C(C)=C/C=C/[C@@H](OC)[C@@]2(O)C[C@H](OC(=O)N2)[C@@H](C)C2O[C@]21C. The molecule has 0 radical (unpaired) electrons. The fourth-order valence-corrected chi connectivity index (χ4v) is 11.6. The molecule has 508 valence electrons. The van der Waals surface area contributed by atoms with Gasteiger partial charge in [-0.1, -0.05) is 60.5 Å². The van der Waals surface area contributed by atoms with E-state index in [1.165, 1.54) is 76.2 Å². The second-order valence-electron chi connectivity index (χ2n) is 23.6. The molecular weight excluding hydrogens is 1220 g/mol. The van der Waals surface area contributed by atoms with Gasteiger partial charge < -0.3 is 77.4 Å². The van der Waals surface area contributed by atoms with Crippen LogP contribution in [-0.4, -0.2) is 253 Å². The Labute approximate surface area is 543 Å². The van der Waals surface area contributed by atoms with E-state index in [2.05, 4.69) is 26.7 Å². The fourth-order valence-electron chi connectivity index (χ4n) is 11.3. The number of hydrogen-bond acceptors (Lipinski definition) is 19. The van der Waals surface area contributed by atoms with Crippen molar-refractivity contribution >= 4 is 75.7 Å². The van der Waals surface area contributed by atoms with E-state index in [9.17, 15) is 43.5 Å². The van der Waals surface area contributed by atoms with Crippen molar-refractivity contribution in [2.24, 2.45) is 5.92 Å². The standard InChI is InChI=1S/C64H93ClN10O17/c1-41-17-16-20-51(89-13)64(84)36-50(90-62(83)68-64)42(2)60-63(4,92-60)52(35-55(78)71(8)48-32-44(31-41)33-49(88-12)59(48)65)91-61(82)43(3)70(7)54(77)22-23-72(25-28-85-9)57(80)39-74(27-30-87-11)58(81)40-73(26-29-86-10)56(79)37-67-53(76)21-24-75-46(38-69(6)66-5)34-45-18-14-15-19-47(45)75/h14-20,32-34,42-43,50-52,60,66,84H,21-31,35-40H2,1-13H3,(H,67,76)(H,68,83)/b20-16+,41-17+/t42-,43+,50+,51-,52+,60?,63+,64+/m1/s1. The van der Waals surface area contributed by atoms with Gasteiger partial charge in [0.2, 0.25) is 35.4 Å². The zero-order chi connectivity index (χ0) is 67.6. The Hall–Kier alpha value is -7.21. The van der Waals surface area contributed by atoms with Gasteiger partial charge in [-0.2, -0.15) is 0 Å². The molecule has 0 spiro atoms. The number of amides is 7. The Balaban J connectivity index is 1.13. The maximum atomic E-state index is 14.6. The Morgan fingerprint density at radius 3 is 2.16 bits per heavy atom. The van der Waals surface area contributed by atoms with Crippen LogP contribution in [0.15, 0.2) is 66.3 Å². The molecule has 28 heteroatoms. The molecule has 92 heavy (non-hydrogen) atoms. The van der Waals surface area contributed by atoms with E-state index >= 15 is 0 Å². The summed E-state index contributed by atoms with van der Waals surface area (Å²) in [7, 11) is 13.8. The van der Waals surface area contributed by atoms with Crippen LogP contribution in [0.3, 0.4) is 0 Å². The third-order valence-corrected chi connectivity index (χ3v) is 17.6. The predicted octanol–water partition coefficient (Wildman–Crippen LogP) is 3.06. The first-order valence-electron chi connectivity index (χ1n) is 30.6. The first-order chi connectivity index (χ1) is 43.8. The lowest BCUT2D eigenvalue weighted by Crippen LogP contribution is -2.63. The second kappa shape index (κ2) is 34.1. The zero-order valence-electron chi connectivity index (χ0n) is 55.2. The molecule has 1 unspecified atom stereocenters. The number of methoxy groups -OCH3 is 5. The number of allylic oxidation sites excluding steroid dienone is 3. The van der Waals surface area contributed by atoms with E-state index in [4.69, 9.17) is 49.5 Å². The molecule has 4 N–H and O–H groups in total. The third-order valence-electron chi connectivity index (χ3n) is 17.2. The Morgan fingerprint density at radius 1 is 0.880 bits per heavy atom. The predicted molar refractivity (Wildman–Crippen MR) is 341 cm³/mol. The van der Waals surface area contributed by atoms with Crippen molar-refractivity contribution in [1.29, 1.82) is 0 Å². The molecule has 4 heterocycles. The van der Waals surface area contributed by atoms with Crippen LogP contribution in [-0.2, 0) is 86.2 Å². The summed E-state index contributed by atoms with van der Waals surface area (Å²) in [5, 5.41) is 20.3. The van der Waals surface area contributed by atoms with E-state index in [0.717, 1.165) is 32.6 Å². The van der Waals surface area contributed by atoms with Gasteiger partial charge in [-0.25, -0.2) is 14.6 Å². The number of carbonyl (C=O) groups is 8. The van der Waals surface area contributed by atoms with Crippen molar-refractivity contribution in [2.45, 2.75) is 115 Å². The number of benzene rings is 2. The number of nitrogens with one attached hydrogen (secondary N) is 3. The van der Waals surface area contributed by atoms with Crippen LogP contribution in [0.1, 0.15) is 64.6 Å². The number of likely N-dealkylation sites (N-methyl/N-ethyl adjacent to an activating group) is 1.